The molecule has 2 rings (SSSR count). The molecule has 3 nitrogen and oxygen atoms in total. The Balaban J connectivity index is 0.00000200. The molecule has 2 N–H and O–H groups in total. The molecule has 1 fully saturated rings. The normalized spacial score (nSPS) is 19.4. The SMILES string of the molecule is COc1ccc(CN2CCCCC2CCN)cc1C.Cl. The fourth-order valence-electron chi connectivity index (χ4n) is 3.06. The number of halogens is 1. The van der Waals surface area contributed by atoms with Crippen LogP contribution in [0.15, 0.2) is 18.2 Å². The van der Waals surface area contributed by atoms with Crippen LogP contribution in [-0.2, 0) is 6.54 Å². The molecule has 0 saturated carbocycles. The lowest BCUT2D eigenvalue weighted by molar-refractivity contribution is 0.134. The monoisotopic (exact) mass is 298 g/mol. The third kappa shape index (κ3) is 4.37. The summed E-state index contributed by atoms with van der Waals surface area (Å²) in [6.45, 7) is 5.14. The van der Waals surface area contributed by atoms with E-state index in [9.17, 15) is 0 Å². The van der Waals surface area contributed by atoms with E-state index in [1.807, 2.05) is 0 Å². The topological polar surface area (TPSA) is 38.5 Å². The zero-order valence-electron chi connectivity index (χ0n) is 12.6. The first-order valence-corrected chi connectivity index (χ1v) is 7.32. The molecule has 20 heavy (non-hydrogen) atoms. The molecule has 0 amide bonds. The minimum atomic E-state index is 0. The number of hydrogen-bond donors (Lipinski definition) is 1. The van der Waals surface area contributed by atoms with Gasteiger partial charge in [0.15, 0.2) is 0 Å². The number of nitrogens with zero attached hydrogens (tertiary/aromatic N) is 1. The van der Waals surface area contributed by atoms with Gasteiger partial charge in [-0.2, -0.15) is 0 Å². The first-order chi connectivity index (χ1) is 9.24. The van der Waals surface area contributed by atoms with Crippen LogP contribution in [0.25, 0.3) is 0 Å². The number of nitrogens with two attached hydrogens (primary N) is 1. The summed E-state index contributed by atoms with van der Waals surface area (Å²) in [6, 6.07) is 7.17. The van der Waals surface area contributed by atoms with Gasteiger partial charge in [0.25, 0.3) is 0 Å². The summed E-state index contributed by atoms with van der Waals surface area (Å²) in [5.74, 6) is 0.973. The van der Waals surface area contributed by atoms with Crippen LogP contribution in [0.2, 0.25) is 0 Å². The second-order valence-electron chi connectivity index (χ2n) is 5.50. The highest BCUT2D eigenvalue weighted by Gasteiger charge is 2.21. The molecular weight excluding hydrogens is 272 g/mol. The number of aryl methyl sites for hydroxylation is 1. The molecule has 1 saturated heterocycles. The molecule has 1 aromatic carbocycles. The van der Waals surface area contributed by atoms with E-state index in [-0.39, 0.29) is 12.4 Å². The van der Waals surface area contributed by atoms with E-state index >= 15 is 0 Å². The van der Waals surface area contributed by atoms with Crippen LogP contribution >= 0.6 is 12.4 Å². The van der Waals surface area contributed by atoms with Crippen molar-refractivity contribution in [3.63, 3.8) is 0 Å². The maximum absolute atomic E-state index is 5.73. The van der Waals surface area contributed by atoms with Gasteiger partial charge in [0.2, 0.25) is 0 Å². The van der Waals surface area contributed by atoms with Gasteiger partial charge < -0.3 is 10.5 Å². The van der Waals surface area contributed by atoms with Gasteiger partial charge in [-0.05, 0) is 56.5 Å². The minimum Gasteiger partial charge on any atom is -0.496 e. The Hall–Kier alpha value is -0.770. The number of likely N-dealkylation sites (tertiary alicyclic amines) is 1. The van der Waals surface area contributed by atoms with Gasteiger partial charge >= 0.3 is 0 Å². The van der Waals surface area contributed by atoms with Gasteiger partial charge in [-0.25, -0.2) is 0 Å². The Morgan fingerprint density at radius 3 is 2.80 bits per heavy atom. The van der Waals surface area contributed by atoms with Crippen LogP contribution in [0.3, 0.4) is 0 Å². The molecule has 0 aliphatic carbocycles. The first-order valence-electron chi connectivity index (χ1n) is 7.32. The Morgan fingerprint density at radius 2 is 2.15 bits per heavy atom. The molecule has 4 heteroatoms. The number of rotatable bonds is 5. The predicted molar refractivity (Wildman–Crippen MR) is 86.7 cm³/mol. The van der Waals surface area contributed by atoms with Crippen LogP contribution in [0.1, 0.15) is 36.8 Å². The van der Waals surface area contributed by atoms with Crippen molar-refractivity contribution in [2.24, 2.45) is 5.73 Å². The van der Waals surface area contributed by atoms with Gasteiger partial charge in [0.1, 0.15) is 5.75 Å². The summed E-state index contributed by atoms with van der Waals surface area (Å²) >= 11 is 0. The number of benzene rings is 1. The molecule has 0 bridgehead atoms. The van der Waals surface area contributed by atoms with Crippen LogP contribution in [0, 0.1) is 6.92 Å². The van der Waals surface area contributed by atoms with Crippen molar-refractivity contribution in [1.82, 2.24) is 4.90 Å². The lowest BCUT2D eigenvalue weighted by Gasteiger charge is -2.35. The molecule has 1 atom stereocenters. The molecule has 114 valence electrons. The van der Waals surface area contributed by atoms with Crippen molar-refractivity contribution in [1.29, 1.82) is 0 Å². The Morgan fingerprint density at radius 1 is 1.35 bits per heavy atom. The van der Waals surface area contributed by atoms with Crippen molar-refractivity contribution in [2.45, 2.75) is 45.2 Å². The third-order valence-corrected chi connectivity index (χ3v) is 4.09. The summed E-state index contributed by atoms with van der Waals surface area (Å²) in [5.41, 5.74) is 8.33. The Kier molecular flexibility index (Phi) is 7.35. The second kappa shape index (κ2) is 8.50. The molecule has 1 aliphatic rings. The Labute approximate surface area is 128 Å². The summed E-state index contributed by atoms with van der Waals surface area (Å²) in [6.07, 6.45) is 5.08. The molecule has 0 radical (unpaired) electrons. The average molecular weight is 299 g/mol. The largest absolute Gasteiger partial charge is 0.496 e. The molecule has 1 heterocycles. The van der Waals surface area contributed by atoms with E-state index in [0.717, 1.165) is 25.3 Å². The highest BCUT2D eigenvalue weighted by atomic mass is 35.5. The van der Waals surface area contributed by atoms with Crippen molar-refractivity contribution < 1.29 is 4.74 Å². The summed E-state index contributed by atoms with van der Waals surface area (Å²) in [7, 11) is 1.73. The van der Waals surface area contributed by atoms with Gasteiger partial charge in [-0.1, -0.05) is 18.6 Å². The van der Waals surface area contributed by atoms with Crippen LogP contribution in [-0.4, -0.2) is 31.1 Å². The van der Waals surface area contributed by atoms with Crippen molar-refractivity contribution in [3.8, 4) is 5.75 Å². The molecular formula is C16H27ClN2O. The molecule has 1 unspecified atom stereocenters. The Bertz CT molecular complexity index is 409. The van der Waals surface area contributed by atoms with E-state index in [1.165, 1.54) is 36.9 Å². The fourth-order valence-corrected chi connectivity index (χ4v) is 3.06. The van der Waals surface area contributed by atoms with Crippen molar-refractivity contribution >= 4 is 12.4 Å². The smallest absolute Gasteiger partial charge is 0.121 e. The van der Waals surface area contributed by atoms with E-state index in [0.29, 0.717) is 6.04 Å². The minimum absolute atomic E-state index is 0. The highest BCUT2D eigenvalue weighted by molar-refractivity contribution is 5.85. The van der Waals surface area contributed by atoms with Crippen LogP contribution in [0.5, 0.6) is 5.75 Å². The van der Waals surface area contributed by atoms with Crippen LogP contribution in [0.4, 0.5) is 0 Å². The number of hydrogen-bond acceptors (Lipinski definition) is 3. The third-order valence-electron chi connectivity index (χ3n) is 4.09. The fraction of sp³-hybridized carbons (Fsp3) is 0.625. The summed E-state index contributed by atoms with van der Waals surface area (Å²) in [5, 5.41) is 0. The second-order valence-corrected chi connectivity index (χ2v) is 5.50. The quantitative estimate of drug-likeness (QED) is 0.907. The highest BCUT2D eigenvalue weighted by Crippen LogP contribution is 2.24. The van der Waals surface area contributed by atoms with Crippen molar-refractivity contribution in [3.05, 3.63) is 29.3 Å². The molecule has 1 aromatic rings. The van der Waals surface area contributed by atoms with Crippen molar-refractivity contribution in [2.75, 3.05) is 20.2 Å². The lowest BCUT2D eigenvalue weighted by atomic mass is 9.98. The zero-order chi connectivity index (χ0) is 13.7. The first kappa shape index (κ1) is 17.3. The van der Waals surface area contributed by atoms with Gasteiger partial charge in [-0.15, -0.1) is 12.4 Å². The number of piperidine rings is 1. The maximum Gasteiger partial charge on any atom is 0.121 e. The maximum atomic E-state index is 5.73. The lowest BCUT2D eigenvalue weighted by Crippen LogP contribution is -2.40. The summed E-state index contributed by atoms with van der Waals surface area (Å²) in [4.78, 5) is 2.59. The predicted octanol–water partition coefficient (Wildman–Crippen LogP) is 3.13. The van der Waals surface area contributed by atoms with E-state index in [1.54, 1.807) is 7.11 Å². The van der Waals surface area contributed by atoms with Gasteiger partial charge in [-0.3, -0.25) is 4.90 Å². The number of ether oxygens (including phenoxy) is 1. The standard InChI is InChI=1S/C16H26N2O.ClH/c1-13-11-14(6-7-16(13)19-2)12-18-10-4-3-5-15(18)8-9-17;/h6-7,11,15H,3-5,8-10,12,17H2,1-2H3;1H. The van der Waals surface area contributed by atoms with Crippen LogP contribution < -0.4 is 10.5 Å². The van der Waals surface area contributed by atoms with E-state index < -0.39 is 0 Å². The molecule has 0 spiro atoms. The van der Waals surface area contributed by atoms with Gasteiger partial charge in [0, 0.05) is 12.6 Å². The van der Waals surface area contributed by atoms with E-state index in [4.69, 9.17) is 10.5 Å². The zero-order valence-corrected chi connectivity index (χ0v) is 13.4. The summed E-state index contributed by atoms with van der Waals surface area (Å²) < 4.78 is 5.32. The van der Waals surface area contributed by atoms with E-state index in [2.05, 4.69) is 30.0 Å². The average Bonchev–Trinajstić information content (AvgIpc) is 2.41. The molecule has 1 aliphatic heterocycles. The number of methoxy groups -OCH3 is 1. The van der Waals surface area contributed by atoms with Gasteiger partial charge in [0.05, 0.1) is 7.11 Å². The molecule has 0 aromatic heterocycles.